The van der Waals surface area contributed by atoms with Crippen molar-refractivity contribution >= 4 is 11.3 Å². The number of hydrogen-bond donors (Lipinski definition) is 1. The van der Waals surface area contributed by atoms with Gasteiger partial charge in [-0.3, -0.25) is 9.80 Å². The SMILES string of the molecule is CC1CN2CCCC2CN1Cc1ccc(C#CCCO)s1. The third-order valence-electron chi connectivity index (χ3n) is 4.54. The minimum atomic E-state index is 0.147. The number of piperazine rings is 1. The van der Waals surface area contributed by atoms with Crippen molar-refractivity contribution in [3.63, 3.8) is 0 Å². The molecule has 21 heavy (non-hydrogen) atoms. The van der Waals surface area contributed by atoms with Crippen LogP contribution < -0.4 is 0 Å². The van der Waals surface area contributed by atoms with Gasteiger partial charge in [0.05, 0.1) is 11.5 Å². The van der Waals surface area contributed by atoms with Crippen LogP contribution in [0.5, 0.6) is 0 Å². The quantitative estimate of drug-likeness (QED) is 0.867. The van der Waals surface area contributed by atoms with Gasteiger partial charge in [-0.1, -0.05) is 11.8 Å². The van der Waals surface area contributed by atoms with E-state index in [4.69, 9.17) is 5.11 Å². The van der Waals surface area contributed by atoms with Crippen LogP contribution in [0, 0.1) is 11.8 Å². The summed E-state index contributed by atoms with van der Waals surface area (Å²) in [4.78, 5) is 7.82. The highest BCUT2D eigenvalue weighted by molar-refractivity contribution is 7.12. The van der Waals surface area contributed by atoms with Gasteiger partial charge in [0.25, 0.3) is 0 Å². The average molecular weight is 304 g/mol. The molecule has 0 aliphatic carbocycles. The number of aliphatic hydroxyl groups is 1. The van der Waals surface area contributed by atoms with Crippen molar-refractivity contribution in [2.24, 2.45) is 0 Å². The number of nitrogens with zero attached hydrogens (tertiary/aromatic N) is 2. The molecule has 2 unspecified atom stereocenters. The maximum absolute atomic E-state index is 8.76. The summed E-state index contributed by atoms with van der Waals surface area (Å²) in [5.41, 5.74) is 0. The van der Waals surface area contributed by atoms with Crippen LogP contribution in [0.25, 0.3) is 0 Å². The fourth-order valence-electron chi connectivity index (χ4n) is 3.40. The lowest BCUT2D eigenvalue weighted by molar-refractivity contribution is 0.0547. The molecule has 1 aromatic heterocycles. The van der Waals surface area contributed by atoms with E-state index in [-0.39, 0.29) is 6.61 Å². The lowest BCUT2D eigenvalue weighted by Crippen LogP contribution is -2.54. The van der Waals surface area contributed by atoms with Gasteiger partial charge in [0.15, 0.2) is 0 Å². The molecule has 2 aliphatic rings. The van der Waals surface area contributed by atoms with Gasteiger partial charge in [-0.05, 0) is 38.4 Å². The van der Waals surface area contributed by atoms with Crippen molar-refractivity contribution in [1.29, 1.82) is 0 Å². The zero-order chi connectivity index (χ0) is 14.7. The molecule has 0 radical (unpaired) electrons. The van der Waals surface area contributed by atoms with Gasteiger partial charge in [0, 0.05) is 43.0 Å². The molecule has 114 valence electrons. The van der Waals surface area contributed by atoms with Crippen molar-refractivity contribution in [3.8, 4) is 11.8 Å². The molecule has 2 aliphatic heterocycles. The number of hydrogen-bond acceptors (Lipinski definition) is 4. The molecule has 1 aromatic rings. The summed E-state index contributed by atoms with van der Waals surface area (Å²) in [6, 6.07) is 5.75. The Bertz CT molecular complexity index is 530. The highest BCUT2D eigenvalue weighted by atomic mass is 32.1. The van der Waals surface area contributed by atoms with Crippen molar-refractivity contribution in [2.75, 3.05) is 26.2 Å². The van der Waals surface area contributed by atoms with Crippen LogP contribution in [0.15, 0.2) is 12.1 Å². The minimum Gasteiger partial charge on any atom is -0.395 e. The normalized spacial score (nSPS) is 26.4. The van der Waals surface area contributed by atoms with E-state index >= 15 is 0 Å². The van der Waals surface area contributed by atoms with E-state index in [9.17, 15) is 0 Å². The molecule has 0 amide bonds. The van der Waals surface area contributed by atoms with Crippen LogP contribution in [-0.4, -0.2) is 53.2 Å². The predicted molar refractivity (Wildman–Crippen MR) is 87.4 cm³/mol. The van der Waals surface area contributed by atoms with Crippen molar-refractivity contribution in [2.45, 2.75) is 44.8 Å². The van der Waals surface area contributed by atoms with Crippen LogP contribution in [-0.2, 0) is 6.54 Å². The fraction of sp³-hybridized carbons (Fsp3) is 0.647. The van der Waals surface area contributed by atoms with Crippen molar-refractivity contribution in [1.82, 2.24) is 9.80 Å². The molecule has 2 fully saturated rings. The molecule has 0 spiro atoms. The number of rotatable bonds is 3. The van der Waals surface area contributed by atoms with Gasteiger partial charge in [-0.2, -0.15) is 0 Å². The Kier molecular flexibility index (Phi) is 4.97. The Balaban J connectivity index is 1.60. The average Bonchev–Trinajstić information content (AvgIpc) is 3.09. The largest absolute Gasteiger partial charge is 0.395 e. The molecule has 2 atom stereocenters. The number of thiophene rings is 1. The molecule has 2 saturated heterocycles. The summed E-state index contributed by atoms with van der Waals surface area (Å²) in [6.45, 7) is 7.28. The van der Waals surface area contributed by atoms with E-state index in [1.165, 1.54) is 37.4 Å². The summed E-state index contributed by atoms with van der Waals surface area (Å²) in [7, 11) is 0. The molecule has 4 heteroatoms. The zero-order valence-electron chi connectivity index (χ0n) is 12.7. The molecular formula is C17H24N2OS. The van der Waals surface area contributed by atoms with Crippen LogP contribution in [0.4, 0.5) is 0 Å². The summed E-state index contributed by atoms with van der Waals surface area (Å²) < 4.78 is 0. The second-order valence-electron chi connectivity index (χ2n) is 6.11. The number of fused-ring (bicyclic) bond motifs is 1. The van der Waals surface area contributed by atoms with Crippen LogP contribution in [0.2, 0.25) is 0 Å². The maximum Gasteiger partial charge on any atom is 0.0771 e. The maximum atomic E-state index is 8.76. The third kappa shape index (κ3) is 3.67. The van der Waals surface area contributed by atoms with Crippen molar-refractivity contribution < 1.29 is 5.11 Å². The van der Waals surface area contributed by atoms with E-state index in [0.29, 0.717) is 12.5 Å². The first-order chi connectivity index (χ1) is 10.3. The molecule has 1 N–H and O–H groups in total. The molecule has 0 bridgehead atoms. The van der Waals surface area contributed by atoms with E-state index in [0.717, 1.165) is 17.5 Å². The smallest absolute Gasteiger partial charge is 0.0771 e. The topological polar surface area (TPSA) is 26.7 Å². The van der Waals surface area contributed by atoms with Crippen LogP contribution in [0.1, 0.15) is 35.9 Å². The van der Waals surface area contributed by atoms with E-state index < -0.39 is 0 Å². The Morgan fingerprint density at radius 2 is 2.29 bits per heavy atom. The van der Waals surface area contributed by atoms with Crippen LogP contribution in [0.3, 0.4) is 0 Å². The van der Waals surface area contributed by atoms with E-state index in [1.54, 1.807) is 11.3 Å². The molecule has 3 nitrogen and oxygen atoms in total. The van der Waals surface area contributed by atoms with E-state index in [1.807, 2.05) is 0 Å². The summed E-state index contributed by atoms with van der Waals surface area (Å²) in [5.74, 6) is 6.13. The molecule has 3 heterocycles. The zero-order valence-corrected chi connectivity index (χ0v) is 13.5. The second-order valence-corrected chi connectivity index (χ2v) is 7.28. The van der Waals surface area contributed by atoms with Gasteiger partial charge in [-0.15, -0.1) is 11.3 Å². The van der Waals surface area contributed by atoms with Gasteiger partial charge >= 0.3 is 0 Å². The molecule has 0 aromatic carbocycles. The summed E-state index contributed by atoms with van der Waals surface area (Å²) in [5, 5.41) is 8.76. The van der Waals surface area contributed by atoms with E-state index in [2.05, 4.69) is 40.7 Å². The first-order valence-electron chi connectivity index (χ1n) is 7.93. The Morgan fingerprint density at radius 1 is 1.38 bits per heavy atom. The van der Waals surface area contributed by atoms with Crippen molar-refractivity contribution in [3.05, 3.63) is 21.9 Å². The molecule has 3 rings (SSSR count). The summed E-state index contributed by atoms with van der Waals surface area (Å²) in [6.07, 6.45) is 3.30. The third-order valence-corrected chi connectivity index (χ3v) is 5.52. The van der Waals surface area contributed by atoms with Gasteiger partial charge in [0.1, 0.15) is 0 Å². The Morgan fingerprint density at radius 3 is 3.14 bits per heavy atom. The van der Waals surface area contributed by atoms with Crippen LogP contribution >= 0.6 is 11.3 Å². The van der Waals surface area contributed by atoms with Gasteiger partial charge < -0.3 is 5.11 Å². The first-order valence-corrected chi connectivity index (χ1v) is 8.74. The second kappa shape index (κ2) is 6.93. The predicted octanol–water partition coefficient (Wildman–Crippen LogP) is 2.15. The Labute approximate surface area is 131 Å². The van der Waals surface area contributed by atoms with Gasteiger partial charge in [0.2, 0.25) is 0 Å². The fourth-order valence-corrected chi connectivity index (χ4v) is 4.31. The first kappa shape index (κ1) is 15.1. The standard InChI is InChI=1S/C17H24N2OS/c1-14-11-18-9-4-5-15(18)12-19(14)13-17-8-7-16(21-17)6-2-3-10-20/h7-8,14-15,20H,3-5,9-13H2,1H3. The lowest BCUT2D eigenvalue weighted by Gasteiger charge is -2.42. The lowest BCUT2D eigenvalue weighted by atomic mass is 10.1. The van der Waals surface area contributed by atoms with Gasteiger partial charge in [-0.25, -0.2) is 0 Å². The molecule has 0 saturated carbocycles. The highest BCUT2D eigenvalue weighted by Gasteiger charge is 2.34. The summed E-state index contributed by atoms with van der Waals surface area (Å²) >= 11 is 1.79. The minimum absolute atomic E-state index is 0.147. The Hall–Kier alpha value is -0.860. The highest BCUT2D eigenvalue weighted by Crippen LogP contribution is 2.27. The monoisotopic (exact) mass is 304 g/mol. The number of aliphatic hydroxyl groups excluding tert-OH is 1. The molecular weight excluding hydrogens is 280 g/mol.